The number of aromatic nitrogens is 2. The second-order valence-corrected chi connectivity index (χ2v) is 7.12. The van der Waals surface area contributed by atoms with E-state index in [2.05, 4.69) is 9.97 Å². The first kappa shape index (κ1) is 17.0. The molecule has 128 valence electrons. The number of amides is 1. The van der Waals surface area contributed by atoms with E-state index >= 15 is 0 Å². The molecule has 7 heteroatoms. The number of hydrogen-bond donors (Lipinski definition) is 0. The number of ether oxygens (including phenoxy) is 1. The maximum absolute atomic E-state index is 13.0. The topological polar surface area (TPSA) is 68.5 Å². The van der Waals surface area contributed by atoms with E-state index in [0.717, 1.165) is 0 Å². The lowest BCUT2D eigenvalue weighted by Gasteiger charge is -2.38. The summed E-state index contributed by atoms with van der Waals surface area (Å²) in [6.07, 6.45) is 3.50. The van der Waals surface area contributed by atoms with Crippen LogP contribution in [-0.4, -0.2) is 52.3 Å². The molecule has 0 spiro atoms. The molecule has 3 rings (SSSR count). The van der Waals surface area contributed by atoms with Crippen molar-refractivity contribution in [3.05, 3.63) is 29.7 Å². The fourth-order valence-corrected chi connectivity index (χ4v) is 3.42. The molecule has 1 amide bonds. The molecule has 0 radical (unpaired) electrons. The van der Waals surface area contributed by atoms with Gasteiger partial charge in [0.05, 0.1) is 29.7 Å². The number of rotatable bonds is 3. The summed E-state index contributed by atoms with van der Waals surface area (Å²) in [5.41, 5.74) is 0.890. The minimum atomic E-state index is -0.337. The molecule has 0 unspecified atom stereocenters. The van der Waals surface area contributed by atoms with Crippen LogP contribution in [0.25, 0.3) is 11.6 Å². The fourth-order valence-electron chi connectivity index (χ4n) is 2.80. The zero-order valence-corrected chi connectivity index (χ0v) is 15.1. The summed E-state index contributed by atoms with van der Waals surface area (Å²) in [6, 6.07) is 3.60. The Morgan fingerprint density at radius 2 is 2.17 bits per heavy atom. The van der Waals surface area contributed by atoms with E-state index in [-0.39, 0.29) is 11.5 Å². The second kappa shape index (κ2) is 6.57. The van der Waals surface area contributed by atoms with E-state index in [0.29, 0.717) is 47.6 Å². The van der Waals surface area contributed by atoms with Crippen LogP contribution in [-0.2, 0) is 4.74 Å². The Morgan fingerprint density at radius 1 is 1.38 bits per heavy atom. The summed E-state index contributed by atoms with van der Waals surface area (Å²) in [6.45, 7) is 7.50. The van der Waals surface area contributed by atoms with Crippen LogP contribution >= 0.6 is 11.8 Å². The summed E-state index contributed by atoms with van der Waals surface area (Å²) < 4.78 is 11.1. The molecule has 3 heterocycles. The van der Waals surface area contributed by atoms with Gasteiger partial charge in [-0.2, -0.15) is 0 Å². The molecule has 6 nitrogen and oxygen atoms in total. The molecule has 2 aromatic rings. The third kappa shape index (κ3) is 3.32. The lowest BCUT2D eigenvalue weighted by Crippen LogP contribution is -2.50. The third-order valence-electron chi connectivity index (χ3n) is 3.92. The van der Waals surface area contributed by atoms with Gasteiger partial charge in [0, 0.05) is 13.1 Å². The van der Waals surface area contributed by atoms with Crippen LogP contribution in [0.3, 0.4) is 0 Å². The average Bonchev–Trinajstić information content (AvgIpc) is 3.07. The van der Waals surface area contributed by atoms with E-state index < -0.39 is 0 Å². The summed E-state index contributed by atoms with van der Waals surface area (Å²) in [4.78, 5) is 23.9. The molecule has 0 N–H and O–H groups in total. The Kier molecular flexibility index (Phi) is 4.64. The van der Waals surface area contributed by atoms with Crippen molar-refractivity contribution in [1.29, 1.82) is 0 Å². The van der Waals surface area contributed by atoms with Gasteiger partial charge < -0.3 is 14.1 Å². The normalized spacial score (nSPS) is 17.1. The Labute approximate surface area is 145 Å². The summed E-state index contributed by atoms with van der Waals surface area (Å²) >= 11 is 1.44. The van der Waals surface area contributed by atoms with Crippen molar-refractivity contribution in [1.82, 2.24) is 14.9 Å². The number of aryl methyl sites for hydroxylation is 1. The van der Waals surface area contributed by atoms with Crippen molar-refractivity contribution in [2.24, 2.45) is 0 Å². The number of morpholine rings is 1. The second-order valence-electron chi connectivity index (χ2n) is 6.33. The zero-order valence-electron chi connectivity index (χ0n) is 14.3. The molecular formula is C17H21N3O3S. The van der Waals surface area contributed by atoms with Gasteiger partial charge in [0.25, 0.3) is 5.91 Å². The summed E-state index contributed by atoms with van der Waals surface area (Å²) in [5, 5.41) is 0.670. The van der Waals surface area contributed by atoms with Crippen molar-refractivity contribution >= 4 is 17.7 Å². The van der Waals surface area contributed by atoms with E-state index in [4.69, 9.17) is 9.15 Å². The standard InChI is InChI=1S/C17H21N3O3S/c1-11-13(16(21)20-7-9-23-17(2,3)10-20)15(24-4)19-14(18-11)12-6-5-8-22-12/h5-6,8H,7,9-10H2,1-4H3. The molecule has 1 saturated heterocycles. The zero-order chi connectivity index (χ0) is 17.3. The first-order valence-electron chi connectivity index (χ1n) is 7.81. The Bertz CT molecular complexity index is 744. The number of carbonyl (C=O) groups is 1. The molecular weight excluding hydrogens is 326 g/mol. The molecule has 0 saturated carbocycles. The van der Waals surface area contributed by atoms with E-state index in [1.54, 1.807) is 12.3 Å². The highest BCUT2D eigenvalue weighted by atomic mass is 32.2. The first-order valence-corrected chi connectivity index (χ1v) is 9.03. The van der Waals surface area contributed by atoms with Gasteiger partial charge in [0.2, 0.25) is 0 Å². The summed E-state index contributed by atoms with van der Waals surface area (Å²) in [7, 11) is 0. The molecule has 0 atom stereocenters. The molecule has 1 aliphatic heterocycles. The molecule has 0 aromatic carbocycles. The van der Waals surface area contributed by atoms with Gasteiger partial charge in [-0.3, -0.25) is 4.79 Å². The van der Waals surface area contributed by atoms with Crippen LogP contribution in [0.5, 0.6) is 0 Å². The molecule has 0 bridgehead atoms. The van der Waals surface area contributed by atoms with Gasteiger partial charge in [-0.15, -0.1) is 11.8 Å². The van der Waals surface area contributed by atoms with Crippen molar-refractivity contribution in [2.75, 3.05) is 26.0 Å². The van der Waals surface area contributed by atoms with Crippen molar-refractivity contribution in [2.45, 2.75) is 31.4 Å². The fraction of sp³-hybridized carbons (Fsp3) is 0.471. The van der Waals surface area contributed by atoms with Crippen molar-refractivity contribution in [3.63, 3.8) is 0 Å². The summed E-state index contributed by atoms with van der Waals surface area (Å²) in [5.74, 6) is 1.06. The lowest BCUT2D eigenvalue weighted by atomic mass is 10.1. The minimum absolute atomic E-state index is 0.0424. The Hall–Kier alpha value is -1.86. The van der Waals surface area contributed by atoms with Crippen LogP contribution in [0.15, 0.2) is 27.8 Å². The van der Waals surface area contributed by atoms with Gasteiger partial charge in [0.15, 0.2) is 11.6 Å². The highest BCUT2D eigenvalue weighted by Crippen LogP contribution is 2.27. The number of thioether (sulfide) groups is 1. The average molecular weight is 347 g/mol. The van der Waals surface area contributed by atoms with Crippen LogP contribution < -0.4 is 0 Å². The molecule has 0 aliphatic carbocycles. The van der Waals surface area contributed by atoms with Crippen LogP contribution in [0.4, 0.5) is 0 Å². The van der Waals surface area contributed by atoms with Crippen molar-refractivity contribution in [3.8, 4) is 11.6 Å². The van der Waals surface area contributed by atoms with Gasteiger partial charge in [-0.1, -0.05) is 0 Å². The monoisotopic (exact) mass is 347 g/mol. The molecule has 1 fully saturated rings. The lowest BCUT2D eigenvalue weighted by molar-refractivity contribution is -0.0765. The number of hydrogen-bond acceptors (Lipinski definition) is 6. The van der Waals surface area contributed by atoms with E-state index in [9.17, 15) is 4.79 Å². The number of carbonyl (C=O) groups excluding carboxylic acids is 1. The number of furan rings is 1. The van der Waals surface area contributed by atoms with Gasteiger partial charge in [-0.05, 0) is 39.2 Å². The Balaban J connectivity index is 1.96. The minimum Gasteiger partial charge on any atom is -0.461 e. The van der Waals surface area contributed by atoms with E-state index in [1.807, 2.05) is 38.0 Å². The highest BCUT2D eigenvalue weighted by Gasteiger charge is 2.32. The predicted octanol–water partition coefficient (Wildman–Crippen LogP) is 3.02. The Morgan fingerprint density at radius 3 is 2.79 bits per heavy atom. The van der Waals surface area contributed by atoms with Crippen LogP contribution in [0.2, 0.25) is 0 Å². The number of nitrogens with zero attached hydrogens (tertiary/aromatic N) is 3. The SMILES string of the molecule is CSc1nc(-c2ccco2)nc(C)c1C(=O)N1CCOC(C)(C)C1. The van der Waals surface area contributed by atoms with Gasteiger partial charge in [0.1, 0.15) is 5.03 Å². The third-order valence-corrected chi connectivity index (χ3v) is 4.60. The maximum Gasteiger partial charge on any atom is 0.258 e. The largest absolute Gasteiger partial charge is 0.461 e. The molecule has 2 aromatic heterocycles. The quantitative estimate of drug-likeness (QED) is 0.628. The maximum atomic E-state index is 13.0. The smallest absolute Gasteiger partial charge is 0.258 e. The molecule has 24 heavy (non-hydrogen) atoms. The van der Waals surface area contributed by atoms with Gasteiger partial charge >= 0.3 is 0 Å². The van der Waals surface area contributed by atoms with Gasteiger partial charge in [-0.25, -0.2) is 9.97 Å². The highest BCUT2D eigenvalue weighted by molar-refractivity contribution is 7.98. The van der Waals surface area contributed by atoms with Crippen molar-refractivity contribution < 1.29 is 13.9 Å². The van der Waals surface area contributed by atoms with Crippen LogP contribution in [0, 0.1) is 6.92 Å². The molecule has 1 aliphatic rings. The van der Waals surface area contributed by atoms with Crippen LogP contribution in [0.1, 0.15) is 29.9 Å². The first-order chi connectivity index (χ1) is 11.4. The predicted molar refractivity (Wildman–Crippen MR) is 92.2 cm³/mol. The van der Waals surface area contributed by atoms with E-state index in [1.165, 1.54) is 11.8 Å².